The van der Waals surface area contributed by atoms with Crippen LogP contribution in [0.4, 0.5) is 0 Å². The second-order valence-corrected chi connectivity index (χ2v) is 7.17. The summed E-state index contributed by atoms with van der Waals surface area (Å²) in [6, 6.07) is 2.74. The van der Waals surface area contributed by atoms with E-state index in [0.29, 0.717) is 0 Å². The van der Waals surface area contributed by atoms with Gasteiger partial charge in [-0.05, 0) is 12.1 Å². The molecule has 2 N–H and O–H groups in total. The average Bonchev–Trinajstić information content (AvgIpc) is 1.84. The van der Waals surface area contributed by atoms with E-state index in [-0.39, 0.29) is 0 Å². The van der Waals surface area contributed by atoms with Crippen LogP contribution in [0, 0.1) is 0 Å². The molecule has 1 saturated heterocycles. The molecule has 1 heterocycles. The zero-order chi connectivity index (χ0) is 5.33. The van der Waals surface area contributed by atoms with Crippen molar-refractivity contribution < 1.29 is 0 Å². The molecule has 0 bridgehead atoms. The Balaban J connectivity index is 2.40. The van der Waals surface area contributed by atoms with Crippen molar-refractivity contribution >= 4 is 8.24 Å². The molecule has 1 aliphatic rings. The predicted molar refractivity (Wildman–Crippen MR) is 34.7 cm³/mol. The first kappa shape index (κ1) is 5.32. The number of rotatable bonds is 0. The molecule has 0 saturated carbocycles. The highest BCUT2D eigenvalue weighted by Crippen LogP contribution is 2.24. The Morgan fingerprint density at radius 3 is 1.86 bits per heavy atom. The zero-order valence-electron chi connectivity index (χ0n) is 4.91. The average molecular weight is 115 g/mol. The summed E-state index contributed by atoms with van der Waals surface area (Å²) in [4.78, 5) is 0. The minimum atomic E-state index is -1.04. The summed E-state index contributed by atoms with van der Waals surface area (Å²) in [7, 11) is -1.04. The normalized spacial score (nSPS) is 28.3. The third-order valence-electron chi connectivity index (χ3n) is 1.75. The lowest BCUT2D eigenvalue weighted by Gasteiger charge is -2.10. The molecule has 0 aromatic carbocycles. The van der Waals surface area contributed by atoms with Crippen molar-refractivity contribution in [1.82, 2.24) is 0 Å². The van der Waals surface area contributed by atoms with E-state index in [2.05, 4.69) is 6.55 Å². The summed E-state index contributed by atoms with van der Waals surface area (Å²) < 4.78 is 0. The smallest absolute Gasteiger partial charge is 0.119 e. The summed E-state index contributed by atoms with van der Waals surface area (Å²) >= 11 is 0. The van der Waals surface area contributed by atoms with E-state index in [9.17, 15) is 0 Å². The molecular weight excluding hydrogens is 102 g/mol. The van der Waals surface area contributed by atoms with Crippen LogP contribution in [0.3, 0.4) is 0 Å². The van der Waals surface area contributed by atoms with Crippen molar-refractivity contribution in [2.45, 2.75) is 31.5 Å². The third kappa shape index (κ3) is 1.28. The van der Waals surface area contributed by atoms with Gasteiger partial charge in [0.25, 0.3) is 0 Å². The Labute approximate surface area is 46.0 Å². The quantitative estimate of drug-likeness (QED) is 0.473. The van der Waals surface area contributed by atoms with E-state index in [1.165, 1.54) is 24.9 Å². The summed E-state index contributed by atoms with van der Waals surface area (Å²) in [5, 5.41) is 5.92. The van der Waals surface area contributed by atoms with E-state index in [1.54, 1.807) is 0 Å². The van der Waals surface area contributed by atoms with Gasteiger partial charge in [-0.15, -0.1) is 0 Å². The maximum Gasteiger partial charge on any atom is 0.119 e. The topological polar surface area (TPSA) is 26.0 Å². The van der Waals surface area contributed by atoms with Crippen molar-refractivity contribution in [2.24, 2.45) is 5.40 Å². The van der Waals surface area contributed by atoms with Crippen molar-refractivity contribution in [3.05, 3.63) is 0 Å². The first-order chi connectivity index (χ1) is 3.21. The molecule has 1 fully saturated rings. The van der Waals surface area contributed by atoms with Crippen LogP contribution in [0.1, 0.15) is 12.8 Å². The molecule has 0 unspecified atom stereocenters. The van der Waals surface area contributed by atoms with Crippen LogP contribution in [0.5, 0.6) is 0 Å². The Kier molecular flexibility index (Phi) is 1.21. The van der Waals surface area contributed by atoms with E-state index < -0.39 is 8.24 Å². The van der Waals surface area contributed by atoms with Crippen LogP contribution >= 0.6 is 0 Å². The number of hydrogen-bond acceptors (Lipinski definition) is 1. The van der Waals surface area contributed by atoms with Gasteiger partial charge in [0.05, 0.1) is 0 Å². The summed E-state index contributed by atoms with van der Waals surface area (Å²) in [5.41, 5.74) is 0. The third-order valence-corrected chi connectivity index (χ3v) is 4.74. The molecule has 42 valence electrons. The Bertz CT molecular complexity index is 62.5. The lowest BCUT2D eigenvalue weighted by molar-refractivity contribution is 0.935. The van der Waals surface area contributed by atoms with Crippen molar-refractivity contribution in [3.63, 3.8) is 0 Å². The summed E-state index contributed by atoms with van der Waals surface area (Å²) in [6.07, 6.45) is 2.80. The summed E-state index contributed by atoms with van der Waals surface area (Å²) in [5.74, 6) is 0. The molecule has 0 spiro atoms. The summed E-state index contributed by atoms with van der Waals surface area (Å²) in [6.45, 7) is 2.28. The van der Waals surface area contributed by atoms with Crippen molar-refractivity contribution in [3.8, 4) is 0 Å². The fraction of sp³-hybridized carbons (Fsp3) is 1.00. The molecule has 2 heteroatoms. The number of nitrogens with two attached hydrogens (primary N) is 1. The molecule has 0 radical (unpaired) electrons. The molecule has 0 aromatic heterocycles. The number of hydrogen-bond donors (Lipinski definition) is 1. The Hall–Kier alpha value is 0.177. The fourth-order valence-electron chi connectivity index (χ4n) is 1.18. The first-order valence-corrected chi connectivity index (χ1v) is 5.99. The molecule has 0 aliphatic carbocycles. The molecular formula is C5H13NSi. The van der Waals surface area contributed by atoms with Crippen LogP contribution in [-0.2, 0) is 0 Å². The minimum Gasteiger partial charge on any atom is -0.351 e. The van der Waals surface area contributed by atoms with E-state index in [0.717, 1.165) is 0 Å². The highest BCUT2D eigenvalue weighted by molar-refractivity contribution is 6.76. The van der Waals surface area contributed by atoms with Crippen LogP contribution in [0.25, 0.3) is 0 Å². The largest absolute Gasteiger partial charge is 0.351 e. The fourth-order valence-corrected chi connectivity index (χ4v) is 3.55. The van der Waals surface area contributed by atoms with Gasteiger partial charge in [0.15, 0.2) is 0 Å². The van der Waals surface area contributed by atoms with Crippen LogP contribution in [-0.4, -0.2) is 8.24 Å². The standard InChI is InChI=1S/C5H13NSi/c1-7(6)4-2-3-5-7/h2-6H2,1H3. The lowest BCUT2D eigenvalue weighted by Crippen LogP contribution is -2.37. The highest BCUT2D eigenvalue weighted by atomic mass is 28.3. The van der Waals surface area contributed by atoms with Gasteiger partial charge >= 0.3 is 0 Å². The second kappa shape index (κ2) is 1.60. The molecule has 1 rings (SSSR count). The Morgan fingerprint density at radius 1 is 1.29 bits per heavy atom. The van der Waals surface area contributed by atoms with Gasteiger partial charge in [0, 0.05) is 0 Å². The molecule has 7 heavy (non-hydrogen) atoms. The van der Waals surface area contributed by atoms with Crippen LogP contribution < -0.4 is 5.40 Å². The molecule has 1 aliphatic heterocycles. The van der Waals surface area contributed by atoms with E-state index >= 15 is 0 Å². The van der Waals surface area contributed by atoms with Gasteiger partial charge in [-0.25, -0.2) is 0 Å². The molecule has 0 atom stereocenters. The van der Waals surface area contributed by atoms with Gasteiger partial charge < -0.3 is 5.40 Å². The predicted octanol–water partition coefficient (Wildman–Crippen LogP) is 1.31. The maximum absolute atomic E-state index is 5.92. The van der Waals surface area contributed by atoms with Gasteiger partial charge in [-0.1, -0.05) is 19.4 Å². The maximum atomic E-state index is 5.92. The first-order valence-electron chi connectivity index (χ1n) is 3.00. The Morgan fingerprint density at radius 2 is 1.71 bits per heavy atom. The zero-order valence-corrected chi connectivity index (χ0v) is 5.91. The monoisotopic (exact) mass is 115 g/mol. The SMILES string of the molecule is C[Si]1(N)CCCC1. The van der Waals surface area contributed by atoms with Crippen LogP contribution in [0.15, 0.2) is 0 Å². The van der Waals surface area contributed by atoms with E-state index in [1.807, 2.05) is 0 Å². The van der Waals surface area contributed by atoms with Gasteiger partial charge in [-0.2, -0.15) is 0 Å². The second-order valence-electron chi connectivity index (χ2n) is 2.86. The minimum absolute atomic E-state index is 1.04. The van der Waals surface area contributed by atoms with Crippen molar-refractivity contribution in [2.75, 3.05) is 0 Å². The molecule has 0 amide bonds. The molecule has 0 aromatic rings. The van der Waals surface area contributed by atoms with Gasteiger partial charge in [0.2, 0.25) is 0 Å². The van der Waals surface area contributed by atoms with Crippen molar-refractivity contribution in [1.29, 1.82) is 0 Å². The molecule has 1 nitrogen and oxygen atoms in total. The van der Waals surface area contributed by atoms with Gasteiger partial charge in [-0.3, -0.25) is 0 Å². The van der Waals surface area contributed by atoms with E-state index in [4.69, 9.17) is 5.40 Å². The highest BCUT2D eigenvalue weighted by Gasteiger charge is 2.25. The van der Waals surface area contributed by atoms with Gasteiger partial charge in [0.1, 0.15) is 8.24 Å². The lowest BCUT2D eigenvalue weighted by atomic mass is 10.4. The van der Waals surface area contributed by atoms with Crippen LogP contribution in [0.2, 0.25) is 18.6 Å².